The van der Waals surface area contributed by atoms with Gasteiger partial charge in [-0.05, 0) is 6.92 Å². The molecular weight excluding hydrogens is 197 g/mol. The number of rotatable bonds is 0. The Morgan fingerprint density at radius 3 is 2.64 bits per heavy atom. The van der Waals surface area contributed by atoms with E-state index >= 15 is 0 Å². The van der Waals surface area contributed by atoms with Crippen LogP contribution in [0.1, 0.15) is 11.5 Å². The molecule has 0 amide bonds. The standard InChI is InChI=1S/C7H5F3N4/c1-4-3-14-5(2-11-4)12-13-6(14)7(8,9)10/h2-3H,1H3. The molecule has 0 atom stereocenters. The normalized spacial score (nSPS) is 12.3. The molecule has 0 N–H and O–H groups in total. The predicted molar refractivity (Wildman–Crippen MR) is 40.5 cm³/mol. The highest BCUT2D eigenvalue weighted by Crippen LogP contribution is 2.27. The summed E-state index contributed by atoms with van der Waals surface area (Å²) in [5.41, 5.74) is 0.561. The van der Waals surface area contributed by atoms with Gasteiger partial charge >= 0.3 is 6.18 Å². The van der Waals surface area contributed by atoms with Crippen molar-refractivity contribution < 1.29 is 13.2 Å². The number of alkyl halides is 3. The molecule has 2 heterocycles. The van der Waals surface area contributed by atoms with Crippen LogP contribution in [-0.2, 0) is 6.18 Å². The summed E-state index contributed by atoms with van der Waals surface area (Å²) in [5, 5.41) is 6.41. The minimum absolute atomic E-state index is 0.0860. The molecule has 4 nitrogen and oxygen atoms in total. The average molecular weight is 202 g/mol. The SMILES string of the molecule is Cc1cn2c(C(F)(F)F)nnc2cn1. The summed E-state index contributed by atoms with van der Waals surface area (Å²) in [6.07, 6.45) is -2.00. The number of halogens is 3. The molecule has 0 aliphatic heterocycles. The Bertz CT molecular complexity index is 473. The van der Waals surface area contributed by atoms with Gasteiger partial charge in [-0.1, -0.05) is 0 Å². The number of aromatic nitrogens is 4. The number of aryl methyl sites for hydroxylation is 1. The van der Waals surface area contributed by atoms with E-state index in [0.29, 0.717) is 5.69 Å². The molecule has 2 rings (SSSR count). The van der Waals surface area contributed by atoms with Gasteiger partial charge in [-0.3, -0.25) is 9.38 Å². The highest BCUT2D eigenvalue weighted by Gasteiger charge is 2.36. The molecule has 0 aromatic carbocycles. The number of fused-ring (bicyclic) bond motifs is 1. The van der Waals surface area contributed by atoms with E-state index in [1.165, 1.54) is 12.4 Å². The molecule has 0 fully saturated rings. The van der Waals surface area contributed by atoms with Crippen LogP contribution < -0.4 is 0 Å². The Labute approximate surface area is 76.4 Å². The van der Waals surface area contributed by atoms with E-state index in [9.17, 15) is 13.2 Å². The molecular formula is C7H5F3N4. The van der Waals surface area contributed by atoms with Crippen LogP contribution in [0.4, 0.5) is 13.2 Å². The highest BCUT2D eigenvalue weighted by atomic mass is 19.4. The molecule has 0 radical (unpaired) electrons. The minimum atomic E-state index is -4.49. The maximum atomic E-state index is 12.3. The van der Waals surface area contributed by atoms with Crippen molar-refractivity contribution in [1.29, 1.82) is 0 Å². The fraction of sp³-hybridized carbons (Fsp3) is 0.286. The third-order valence-electron chi connectivity index (χ3n) is 1.68. The van der Waals surface area contributed by atoms with Crippen molar-refractivity contribution in [2.75, 3.05) is 0 Å². The lowest BCUT2D eigenvalue weighted by Crippen LogP contribution is -2.11. The van der Waals surface area contributed by atoms with Gasteiger partial charge < -0.3 is 0 Å². The van der Waals surface area contributed by atoms with E-state index in [1.54, 1.807) is 6.92 Å². The van der Waals surface area contributed by atoms with E-state index in [0.717, 1.165) is 4.40 Å². The van der Waals surface area contributed by atoms with Gasteiger partial charge in [0.05, 0.1) is 11.9 Å². The van der Waals surface area contributed by atoms with Crippen LogP contribution in [0.15, 0.2) is 12.4 Å². The Hall–Kier alpha value is -1.66. The first kappa shape index (κ1) is 8.92. The smallest absolute Gasteiger partial charge is 0.276 e. The summed E-state index contributed by atoms with van der Waals surface area (Å²) in [6, 6.07) is 0. The molecule has 2 aromatic heterocycles. The summed E-state index contributed by atoms with van der Waals surface area (Å²) in [4.78, 5) is 3.81. The zero-order valence-corrected chi connectivity index (χ0v) is 7.08. The van der Waals surface area contributed by atoms with Crippen molar-refractivity contribution in [3.05, 3.63) is 23.9 Å². The Morgan fingerprint density at radius 1 is 1.29 bits per heavy atom. The third kappa shape index (κ3) is 1.30. The van der Waals surface area contributed by atoms with Gasteiger partial charge in [0.25, 0.3) is 0 Å². The first-order chi connectivity index (χ1) is 6.48. The lowest BCUT2D eigenvalue weighted by molar-refractivity contribution is -0.145. The van der Waals surface area contributed by atoms with Crippen molar-refractivity contribution in [3.63, 3.8) is 0 Å². The van der Waals surface area contributed by atoms with Gasteiger partial charge in [0, 0.05) is 6.20 Å². The summed E-state index contributed by atoms with van der Waals surface area (Å²) < 4.78 is 37.9. The second-order valence-electron chi connectivity index (χ2n) is 2.78. The minimum Gasteiger partial charge on any atom is -0.276 e. The maximum Gasteiger partial charge on any atom is 0.452 e. The van der Waals surface area contributed by atoms with Crippen LogP contribution in [0, 0.1) is 6.92 Å². The third-order valence-corrected chi connectivity index (χ3v) is 1.68. The van der Waals surface area contributed by atoms with Crippen LogP contribution in [0.5, 0.6) is 0 Å². The van der Waals surface area contributed by atoms with Gasteiger partial charge in [0.2, 0.25) is 5.82 Å². The Balaban J connectivity index is 2.73. The molecule has 0 aliphatic rings. The predicted octanol–water partition coefficient (Wildman–Crippen LogP) is 1.45. The second kappa shape index (κ2) is 2.66. The molecule has 0 unspecified atom stereocenters. The Morgan fingerprint density at radius 2 is 2.00 bits per heavy atom. The van der Waals surface area contributed by atoms with E-state index in [-0.39, 0.29) is 5.65 Å². The summed E-state index contributed by atoms with van der Waals surface area (Å²) in [5.74, 6) is -1.03. The second-order valence-corrected chi connectivity index (χ2v) is 2.78. The fourth-order valence-electron chi connectivity index (χ4n) is 1.09. The monoisotopic (exact) mass is 202 g/mol. The molecule has 0 saturated heterocycles. The molecule has 0 spiro atoms. The fourth-order valence-corrected chi connectivity index (χ4v) is 1.09. The first-order valence-electron chi connectivity index (χ1n) is 3.73. The average Bonchev–Trinajstić information content (AvgIpc) is 2.45. The number of hydrogen-bond acceptors (Lipinski definition) is 3. The van der Waals surface area contributed by atoms with Crippen molar-refractivity contribution in [2.24, 2.45) is 0 Å². The van der Waals surface area contributed by atoms with Gasteiger partial charge in [0.1, 0.15) is 0 Å². The van der Waals surface area contributed by atoms with Crippen LogP contribution in [0.3, 0.4) is 0 Å². The van der Waals surface area contributed by atoms with E-state index < -0.39 is 12.0 Å². The quantitative estimate of drug-likeness (QED) is 0.649. The maximum absolute atomic E-state index is 12.3. The van der Waals surface area contributed by atoms with E-state index in [2.05, 4.69) is 15.2 Å². The number of nitrogens with zero attached hydrogens (tertiary/aromatic N) is 4. The van der Waals surface area contributed by atoms with Crippen molar-refractivity contribution >= 4 is 5.65 Å². The lowest BCUT2D eigenvalue weighted by Gasteiger charge is -2.03. The van der Waals surface area contributed by atoms with Gasteiger partial charge in [0.15, 0.2) is 5.65 Å². The lowest BCUT2D eigenvalue weighted by atomic mass is 10.5. The van der Waals surface area contributed by atoms with Crippen LogP contribution in [0.2, 0.25) is 0 Å². The van der Waals surface area contributed by atoms with Crippen molar-refractivity contribution in [1.82, 2.24) is 19.6 Å². The van der Waals surface area contributed by atoms with Crippen molar-refractivity contribution in [2.45, 2.75) is 13.1 Å². The van der Waals surface area contributed by atoms with Crippen LogP contribution in [-0.4, -0.2) is 19.6 Å². The largest absolute Gasteiger partial charge is 0.452 e. The first-order valence-corrected chi connectivity index (χ1v) is 3.73. The van der Waals surface area contributed by atoms with Gasteiger partial charge in [-0.2, -0.15) is 13.2 Å². The number of hydrogen-bond donors (Lipinski definition) is 0. The van der Waals surface area contributed by atoms with Crippen LogP contribution in [0.25, 0.3) is 5.65 Å². The highest BCUT2D eigenvalue weighted by molar-refractivity contribution is 5.35. The molecule has 2 aromatic rings. The molecule has 0 aliphatic carbocycles. The van der Waals surface area contributed by atoms with Crippen molar-refractivity contribution in [3.8, 4) is 0 Å². The molecule has 74 valence electrons. The van der Waals surface area contributed by atoms with Gasteiger partial charge in [-0.25, -0.2) is 0 Å². The summed E-state index contributed by atoms with van der Waals surface area (Å²) >= 11 is 0. The molecule has 0 bridgehead atoms. The summed E-state index contributed by atoms with van der Waals surface area (Å²) in [6.45, 7) is 1.60. The molecule has 14 heavy (non-hydrogen) atoms. The summed E-state index contributed by atoms with van der Waals surface area (Å²) in [7, 11) is 0. The molecule has 7 heteroatoms. The zero-order valence-electron chi connectivity index (χ0n) is 7.08. The van der Waals surface area contributed by atoms with Crippen LogP contribution >= 0.6 is 0 Å². The zero-order chi connectivity index (χ0) is 10.3. The molecule has 0 saturated carbocycles. The Kier molecular flexibility index (Phi) is 1.70. The topological polar surface area (TPSA) is 43.1 Å². The van der Waals surface area contributed by atoms with E-state index in [1.807, 2.05) is 0 Å². The van der Waals surface area contributed by atoms with E-state index in [4.69, 9.17) is 0 Å². The van der Waals surface area contributed by atoms with Gasteiger partial charge in [-0.15, -0.1) is 10.2 Å².